The molecule has 154 valence electrons. The maximum absolute atomic E-state index is 14.6. The predicted octanol–water partition coefficient (Wildman–Crippen LogP) is 2.08. The van der Waals surface area contributed by atoms with E-state index in [0.29, 0.717) is 10.3 Å². The van der Waals surface area contributed by atoms with Crippen molar-refractivity contribution in [3.63, 3.8) is 0 Å². The molecule has 1 aliphatic rings. The number of oxime groups is 1. The number of ether oxygens (including phenoxy) is 1. The van der Waals surface area contributed by atoms with Gasteiger partial charge in [0.1, 0.15) is 5.82 Å². The number of nitrogens with zero attached hydrogens (tertiary/aromatic N) is 3. The van der Waals surface area contributed by atoms with Crippen LogP contribution >= 0.6 is 11.6 Å². The van der Waals surface area contributed by atoms with Gasteiger partial charge in [-0.05, 0) is 32.9 Å². The van der Waals surface area contributed by atoms with Gasteiger partial charge in [0, 0.05) is 30.8 Å². The van der Waals surface area contributed by atoms with Crippen LogP contribution in [0, 0.1) is 12.7 Å². The summed E-state index contributed by atoms with van der Waals surface area (Å²) >= 11 is 6.18. The molecular weight excluding hydrogens is 405 g/mol. The van der Waals surface area contributed by atoms with Crippen molar-refractivity contribution in [3.8, 4) is 5.69 Å². The average Bonchev–Trinajstić information content (AvgIpc) is 3.05. The molecule has 1 aromatic carbocycles. The first kappa shape index (κ1) is 20.8. The molecule has 8 nitrogen and oxygen atoms in total. The van der Waals surface area contributed by atoms with Crippen LogP contribution in [0.1, 0.15) is 31.5 Å². The van der Waals surface area contributed by atoms with Crippen LogP contribution in [0.3, 0.4) is 0 Å². The first-order chi connectivity index (χ1) is 13.6. The average molecular weight is 424 g/mol. The van der Waals surface area contributed by atoms with E-state index < -0.39 is 28.6 Å². The van der Waals surface area contributed by atoms with E-state index in [9.17, 15) is 18.8 Å². The smallest absolute Gasteiger partial charge is 0.353 e. The molecule has 2 heterocycles. The third-order valence-electron chi connectivity index (χ3n) is 4.72. The number of halogens is 2. The van der Waals surface area contributed by atoms with Crippen LogP contribution < -0.4 is 11.2 Å². The van der Waals surface area contributed by atoms with Gasteiger partial charge >= 0.3 is 11.7 Å². The third-order valence-corrected chi connectivity index (χ3v) is 5.03. The van der Waals surface area contributed by atoms with Crippen molar-refractivity contribution in [2.45, 2.75) is 32.8 Å². The molecule has 1 aliphatic heterocycles. The fraction of sp³-hybridized carbons (Fsp3) is 0.368. The van der Waals surface area contributed by atoms with E-state index in [-0.39, 0.29) is 35.0 Å². The number of hydrogen-bond acceptors (Lipinski definition) is 6. The van der Waals surface area contributed by atoms with Gasteiger partial charge in [-0.25, -0.2) is 18.5 Å². The molecule has 2 aromatic rings. The minimum absolute atomic E-state index is 0.00121. The van der Waals surface area contributed by atoms with Crippen molar-refractivity contribution in [3.05, 3.63) is 61.1 Å². The van der Waals surface area contributed by atoms with Gasteiger partial charge in [0.05, 0.1) is 23.0 Å². The Morgan fingerprint density at radius 2 is 2.07 bits per heavy atom. The van der Waals surface area contributed by atoms with E-state index >= 15 is 0 Å². The number of carbonyl (C=O) groups excluding carboxylic acids is 1. The summed E-state index contributed by atoms with van der Waals surface area (Å²) in [6, 6.07) is 3.46. The van der Waals surface area contributed by atoms with E-state index in [1.165, 1.54) is 30.7 Å². The standard InChI is InChI=1S/C19H19ClFN3O5/c1-5-28-17(26)19(3)9-14(22-29-19)11-7-15(13(21)8-12(11)20)24-16(25)6-10(2)23(4)18(24)27/h6-8H,5,9H2,1-4H3. The lowest BCUT2D eigenvalue weighted by Crippen LogP contribution is -2.39. The third kappa shape index (κ3) is 3.57. The number of rotatable bonds is 4. The number of esters is 1. The lowest BCUT2D eigenvalue weighted by atomic mass is 9.95. The maximum Gasteiger partial charge on any atom is 0.353 e. The Morgan fingerprint density at radius 3 is 2.72 bits per heavy atom. The summed E-state index contributed by atoms with van der Waals surface area (Å²) in [4.78, 5) is 42.3. The molecule has 0 aliphatic carbocycles. The fourth-order valence-electron chi connectivity index (χ4n) is 2.96. The predicted molar refractivity (Wildman–Crippen MR) is 104 cm³/mol. The van der Waals surface area contributed by atoms with Gasteiger partial charge in [-0.2, -0.15) is 0 Å². The van der Waals surface area contributed by atoms with Crippen molar-refractivity contribution >= 4 is 23.3 Å². The van der Waals surface area contributed by atoms with Crippen LogP contribution in [0.5, 0.6) is 0 Å². The number of hydrogen-bond donors (Lipinski definition) is 0. The van der Waals surface area contributed by atoms with Crippen molar-refractivity contribution in [1.29, 1.82) is 0 Å². The van der Waals surface area contributed by atoms with Crippen LogP contribution in [0.4, 0.5) is 4.39 Å². The van der Waals surface area contributed by atoms with Crippen LogP contribution in [0.15, 0.2) is 32.9 Å². The van der Waals surface area contributed by atoms with Crippen LogP contribution in [-0.2, 0) is 21.4 Å². The summed E-state index contributed by atoms with van der Waals surface area (Å²) in [6.07, 6.45) is 0.0252. The van der Waals surface area contributed by atoms with Crippen molar-refractivity contribution in [2.24, 2.45) is 12.2 Å². The number of benzene rings is 1. The topological polar surface area (TPSA) is 91.9 Å². The molecular formula is C19H19ClFN3O5. The van der Waals surface area contributed by atoms with Crippen LogP contribution in [0.2, 0.25) is 5.02 Å². The molecule has 0 bridgehead atoms. The molecule has 0 saturated carbocycles. The molecule has 1 atom stereocenters. The molecule has 0 N–H and O–H groups in total. The monoisotopic (exact) mass is 423 g/mol. The van der Waals surface area contributed by atoms with E-state index in [0.717, 1.165) is 6.07 Å². The Kier molecular flexibility index (Phi) is 5.36. The zero-order valence-corrected chi connectivity index (χ0v) is 17.0. The van der Waals surface area contributed by atoms with Gasteiger partial charge < -0.3 is 14.1 Å². The molecule has 0 fully saturated rings. The first-order valence-electron chi connectivity index (χ1n) is 8.80. The Labute approximate surface area is 170 Å². The summed E-state index contributed by atoms with van der Waals surface area (Å²) in [5.41, 5.74) is -2.07. The van der Waals surface area contributed by atoms with Gasteiger partial charge in [-0.3, -0.25) is 4.79 Å². The molecule has 0 amide bonds. The highest BCUT2D eigenvalue weighted by Gasteiger charge is 2.44. The molecule has 29 heavy (non-hydrogen) atoms. The summed E-state index contributed by atoms with van der Waals surface area (Å²) < 4.78 is 21.6. The minimum Gasteiger partial charge on any atom is -0.463 e. The summed E-state index contributed by atoms with van der Waals surface area (Å²) in [5.74, 6) is -1.45. The highest BCUT2D eigenvalue weighted by molar-refractivity contribution is 6.34. The van der Waals surface area contributed by atoms with Crippen LogP contribution in [-0.4, -0.2) is 33.0 Å². The quantitative estimate of drug-likeness (QED) is 0.702. The van der Waals surface area contributed by atoms with Crippen molar-refractivity contribution < 1.29 is 18.8 Å². The van der Waals surface area contributed by atoms with E-state index in [1.54, 1.807) is 13.8 Å². The van der Waals surface area contributed by atoms with Gasteiger partial charge in [0.25, 0.3) is 5.56 Å². The Bertz CT molecular complexity index is 1150. The first-order valence-corrected chi connectivity index (χ1v) is 9.18. The van der Waals surface area contributed by atoms with Gasteiger partial charge in [-0.15, -0.1) is 0 Å². The van der Waals surface area contributed by atoms with Gasteiger partial charge in [0.15, 0.2) is 0 Å². The van der Waals surface area contributed by atoms with Crippen LogP contribution in [0.25, 0.3) is 5.69 Å². The lowest BCUT2D eigenvalue weighted by molar-refractivity contribution is -0.166. The number of aryl methyl sites for hydroxylation is 1. The second kappa shape index (κ2) is 7.47. The summed E-state index contributed by atoms with van der Waals surface area (Å²) in [6.45, 7) is 4.95. The van der Waals surface area contributed by atoms with Gasteiger partial charge in [-0.1, -0.05) is 16.8 Å². The highest BCUT2D eigenvalue weighted by atomic mass is 35.5. The number of carbonyl (C=O) groups is 1. The molecule has 3 rings (SSSR count). The molecule has 1 aromatic heterocycles. The zero-order chi connectivity index (χ0) is 21.5. The van der Waals surface area contributed by atoms with E-state index in [1.807, 2.05) is 0 Å². The van der Waals surface area contributed by atoms with E-state index in [2.05, 4.69) is 5.16 Å². The van der Waals surface area contributed by atoms with Crippen molar-refractivity contribution in [1.82, 2.24) is 9.13 Å². The lowest BCUT2D eigenvalue weighted by Gasteiger charge is -2.18. The second-order valence-electron chi connectivity index (χ2n) is 6.84. The molecule has 10 heteroatoms. The van der Waals surface area contributed by atoms with Crippen molar-refractivity contribution in [2.75, 3.05) is 6.61 Å². The Morgan fingerprint density at radius 1 is 1.38 bits per heavy atom. The van der Waals surface area contributed by atoms with Gasteiger partial charge in [0.2, 0.25) is 5.60 Å². The molecule has 0 saturated heterocycles. The molecule has 0 radical (unpaired) electrons. The SMILES string of the molecule is CCOC(=O)C1(C)CC(c2cc(-n3c(=O)cc(C)n(C)c3=O)c(F)cc2Cl)=NO1. The summed E-state index contributed by atoms with van der Waals surface area (Å²) in [5, 5.41) is 3.90. The zero-order valence-electron chi connectivity index (χ0n) is 16.3. The largest absolute Gasteiger partial charge is 0.463 e. The second-order valence-corrected chi connectivity index (χ2v) is 7.25. The number of aromatic nitrogens is 2. The van der Waals surface area contributed by atoms with E-state index in [4.69, 9.17) is 21.2 Å². The summed E-state index contributed by atoms with van der Waals surface area (Å²) in [7, 11) is 1.47. The highest BCUT2D eigenvalue weighted by Crippen LogP contribution is 2.32. The molecule has 1 unspecified atom stereocenters. The Hall–Kier alpha value is -2.94. The fourth-order valence-corrected chi connectivity index (χ4v) is 3.22. The Balaban J connectivity index is 2.10. The molecule has 0 spiro atoms. The normalized spacial score (nSPS) is 18.3. The minimum atomic E-state index is -1.35. The maximum atomic E-state index is 14.6.